The highest BCUT2D eigenvalue weighted by Crippen LogP contribution is 2.34. The van der Waals surface area contributed by atoms with E-state index in [0.717, 1.165) is 6.07 Å². The molecule has 0 bridgehead atoms. The van der Waals surface area contributed by atoms with Crippen LogP contribution in [0.2, 0.25) is 0 Å². The van der Waals surface area contributed by atoms with Crippen LogP contribution in [0.5, 0.6) is 5.75 Å². The second-order valence-electron chi connectivity index (χ2n) is 6.53. The molecule has 2 aromatic carbocycles. The summed E-state index contributed by atoms with van der Waals surface area (Å²) in [5.41, 5.74) is -0.750. The SMILES string of the molecule is COc1ccccc1NC(=O)[C@H](C)[NH+](C)CC(=O)Nc1ccccc1C(F)(F)F. The summed E-state index contributed by atoms with van der Waals surface area (Å²) in [6, 6.07) is 11.0. The molecule has 156 valence electrons. The fourth-order valence-electron chi connectivity index (χ4n) is 2.65. The molecule has 9 heteroatoms. The van der Waals surface area contributed by atoms with Gasteiger partial charge in [-0.2, -0.15) is 13.2 Å². The van der Waals surface area contributed by atoms with Crippen LogP contribution in [0, 0.1) is 0 Å². The highest BCUT2D eigenvalue weighted by atomic mass is 19.4. The summed E-state index contributed by atoms with van der Waals surface area (Å²) in [6.45, 7) is 1.43. The number of alkyl halides is 3. The number of nitrogens with one attached hydrogen (secondary N) is 3. The van der Waals surface area contributed by atoms with Gasteiger partial charge in [0.15, 0.2) is 12.6 Å². The topological polar surface area (TPSA) is 71.9 Å². The Hall–Kier alpha value is -3.07. The highest BCUT2D eigenvalue weighted by Gasteiger charge is 2.34. The molecule has 2 amide bonds. The van der Waals surface area contributed by atoms with E-state index in [1.54, 1.807) is 38.2 Å². The van der Waals surface area contributed by atoms with Crippen LogP contribution in [-0.4, -0.2) is 38.6 Å². The smallest absolute Gasteiger partial charge is 0.418 e. The Morgan fingerprint density at radius 2 is 1.62 bits per heavy atom. The molecule has 3 N–H and O–H groups in total. The number of hydrogen-bond donors (Lipinski definition) is 3. The number of anilines is 2. The fraction of sp³-hybridized carbons (Fsp3) is 0.300. The van der Waals surface area contributed by atoms with Crippen LogP contribution >= 0.6 is 0 Å². The first-order chi connectivity index (χ1) is 13.6. The molecule has 2 aromatic rings. The van der Waals surface area contributed by atoms with Crippen molar-refractivity contribution in [3.05, 3.63) is 54.1 Å². The van der Waals surface area contributed by atoms with Crippen LogP contribution in [-0.2, 0) is 15.8 Å². The summed E-state index contributed by atoms with van der Waals surface area (Å²) in [7, 11) is 3.09. The molecule has 29 heavy (non-hydrogen) atoms. The summed E-state index contributed by atoms with van der Waals surface area (Å²) in [5.74, 6) is -0.487. The third-order valence-corrected chi connectivity index (χ3v) is 4.44. The Morgan fingerprint density at radius 3 is 2.24 bits per heavy atom. The Labute approximate surface area is 166 Å². The van der Waals surface area contributed by atoms with Crippen molar-refractivity contribution in [1.29, 1.82) is 0 Å². The van der Waals surface area contributed by atoms with Gasteiger partial charge in [0.05, 0.1) is 31.1 Å². The maximum absolute atomic E-state index is 13.0. The molecule has 1 unspecified atom stereocenters. The lowest BCUT2D eigenvalue weighted by atomic mass is 10.1. The Morgan fingerprint density at radius 1 is 1.03 bits per heavy atom. The number of methoxy groups -OCH3 is 1. The van der Waals surface area contributed by atoms with Crippen molar-refractivity contribution < 1.29 is 32.4 Å². The minimum Gasteiger partial charge on any atom is -0.495 e. The van der Waals surface area contributed by atoms with E-state index in [4.69, 9.17) is 4.74 Å². The summed E-state index contributed by atoms with van der Waals surface area (Å²) in [6.07, 6.45) is -4.58. The van der Waals surface area contributed by atoms with E-state index >= 15 is 0 Å². The molecule has 0 aliphatic heterocycles. The van der Waals surface area contributed by atoms with E-state index in [9.17, 15) is 22.8 Å². The molecule has 0 aliphatic carbocycles. The number of carbonyl (C=O) groups is 2. The van der Waals surface area contributed by atoms with Crippen molar-refractivity contribution in [2.45, 2.75) is 19.1 Å². The van der Waals surface area contributed by atoms with E-state index < -0.39 is 23.7 Å². The first kappa shape index (κ1) is 22.2. The maximum Gasteiger partial charge on any atom is 0.418 e. The van der Waals surface area contributed by atoms with E-state index in [2.05, 4.69) is 10.6 Å². The van der Waals surface area contributed by atoms with Crippen molar-refractivity contribution in [1.82, 2.24) is 0 Å². The Bertz CT molecular complexity index is 871. The third kappa shape index (κ3) is 5.95. The molecule has 0 spiro atoms. The summed E-state index contributed by atoms with van der Waals surface area (Å²) in [4.78, 5) is 25.2. The number of quaternary nitrogens is 1. The molecule has 0 radical (unpaired) electrons. The van der Waals surface area contributed by atoms with Crippen molar-refractivity contribution in [3.8, 4) is 5.75 Å². The molecule has 0 saturated carbocycles. The van der Waals surface area contributed by atoms with Gasteiger partial charge in [0.1, 0.15) is 5.75 Å². The number of amides is 2. The standard InChI is InChI=1S/C20H22F3N3O3/c1-13(19(28)25-16-10-6-7-11-17(16)29-3)26(2)12-18(27)24-15-9-5-4-8-14(15)20(21,22)23/h4-11,13H,12H2,1-3H3,(H,24,27)(H,25,28)/p+1/t13-/m0/s1. The fourth-order valence-corrected chi connectivity index (χ4v) is 2.65. The van der Waals surface area contributed by atoms with E-state index in [0.29, 0.717) is 16.3 Å². The molecular formula is C20H23F3N3O3+. The van der Waals surface area contributed by atoms with Gasteiger partial charge in [-0.1, -0.05) is 24.3 Å². The zero-order valence-corrected chi connectivity index (χ0v) is 16.3. The van der Waals surface area contributed by atoms with Crippen molar-refractivity contribution in [3.63, 3.8) is 0 Å². The second-order valence-corrected chi connectivity index (χ2v) is 6.53. The molecule has 0 aromatic heterocycles. The van der Waals surface area contributed by atoms with Gasteiger partial charge in [-0.25, -0.2) is 0 Å². The number of halogens is 3. The number of benzene rings is 2. The Kier molecular flexibility index (Phi) is 7.22. The van der Waals surface area contributed by atoms with Crippen LogP contribution in [0.25, 0.3) is 0 Å². The quantitative estimate of drug-likeness (QED) is 0.655. The van der Waals surface area contributed by atoms with Crippen LogP contribution in [0.15, 0.2) is 48.5 Å². The number of rotatable bonds is 7. The molecule has 0 saturated heterocycles. The summed E-state index contributed by atoms with van der Waals surface area (Å²) < 4.78 is 44.3. The minimum absolute atomic E-state index is 0.188. The zero-order chi connectivity index (χ0) is 21.6. The van der Waals surface area contributed by atoms with Gasteiger partial charge in [-0.15, -0.1) is 0 Å². The van der Waals surface area contributed by atoms with Gasteiger partial charge in [0.25, 0.3) is 11.8 Å². The van der Waals surface area contributed by atoms with E-state index in [1.165, 1.54) is 25.3 Å². The lowest BCUT2D eigenvalue weighted by Gasteiger charge is -2.21. The van der Waals surface area contributed by atoms with Gasteiger partial charge in [-0.3, -0.25) is 9.59 Å². The first-order valence-electron chi connectivity index (χ1n) is 8.85. The normalized spacial score (nSPS) is 13.3. The molecule has 2 atom stereocenters. The predicted molar refractivity (Wildman–Crippen MR) is 103 cm³/mol. The lowest BCUT2D eigenvalue weighted by Crippen LogP contribution is -3.14. The van der Waals surface area contributed by atoms with Gasteiger partial charge in [0, 0.05) is 0 Å². The minimum atomic E-state index is -4.58. The highest BCUT2D eigenvalue weighted by molar-refractivity contribution is 5.95. The number of hydrogen-bond acceptors (Lipinski definition) is 3. The van der Waals surface area contributed by atoms with Crippen molar-refractivity contribution in [2.24, 2.45) is 0 Å². The monoisotopic (exact) mass is 410 g/mol. The van der Waals surface area contributed by atoms with Gasteiger partial charge < -0.3 is 20.3 Å². The van der Waals surface area contributed by atoms with Gasteiger partial charge in [0.2, 0.25) is 0 Å². The number of para-hydroxylation sites is 3. The molecule has 0 aliphatic rings. The maximum atomic E-state index is 13.0. The second kappa shape index (κ2) is 9.42. The summed E-state index contributed by atoms with van der Waals surface area (Å²) >= 11 is 0. The van der Waals surface area contributed by atoms with E-state index in [-0.39, 0.29) is 18.1 Å². The largest absolute Gasteiger partial charge is 0.495 e. The van der Waals surface area contributed by atoms with Crippen LogP contribution in [0.4, 0.5) is 24.5 Å². The van der Waals surface area contributed by atoms with Crippen LogP contribution in [0.3, 0.4) is 0 Å². The van der Waals surface area contributed by atoms with Crippen molar-refractivity contribution >= 4 is 23.2 Å². The van der Waals surface area contributed by atoms with E-state index in [1.807, 2.05) is 0 Å². The molecule has 2 rings (SSSR count). The molecular weight excluding hydrogens is 387 g/mol. The van der Waals surface area contributed by atoms with Gasteiger partial charge in [-0.05, 0) is 31.2 Å². The molecule has 0 fully saturated rings. The number of ether oxygens (including phenoxy) is 1. The predicted octanol–water partition coefficient (Wildman–Crippen LogP) is 2.19. The van der Waals surface area contributed by atoms with Crippen LogP contribution < -0.4 is 20.3 Å². The van der Waals surface area contributed by atoms with Gasteiger partial charge >= 0.3 is 6.18 Å². The average molecular weight is 410 g/mol. The Balaban J connectivity index is 2.00. The van der Waals surface area contributed by atoms with Crippen LogP contribution in [0.1, 0.15) is 12.5 Å². The molecule has 6 nitrogen and oxygen atoms in total. The third-order valence-electron chi connectivity index (χ3n) is 4.44. The zero-order valence-electron chi connectivity index (χ0n) is 16.3. The first-order valence-corrected chi connectivity index (χ1v) is 8.85. The molecule has 0 heterocycles. The lowest BCUT2D eigenvalue weighted by molar-refractivity contribution is -0.885. The average Bonchev–Trinajstić information content (AvgIpc) is 2.67. The number of carbonyl (C=O) groups excluding carboxylic acids is 2. The number of likely N-dealkylation sites (N-methyl/N-ethyl adjacent to an activating group) is 1. The van der Waals surface area contributed by atoms with Crippen molar-refractivity contribution in [2.75, 3.05) is 31.3 Å². The summed E-state index contributed by atoms with van der Waals surface area (Å²) in [5, 5.41) is 5.01.